The van der Waals surface area contributed by atoms with Crippen LogP contribution in [0.4, 0.5) is 10.2 Å². The molecule has 2 atom stereocenters. The topological polar surface area (TPSA) is 130 Å². The van der Waals surface area contributed by atoms with Gasteiger partial charge < -0.3 is 21.1 Å². The summed E-state index contributed by atoms with van der Waals surface area (Å²) in [6, 6.07) is 10.1. The number of nitrogen functional groups attached to an aromatic ring is 1. The lowest BCUT2D eigenvalue weighted by molar-refractivity contribution is -0.139. The summed E-state index contributed by atoms with van der Waals surface area (Å²) in [7, 11) is 0. The molecule has 0 bridgehead atoms. The molecular formula is C29H32FN3O4. The second kappa shape index (κ2) is 11.2. The number of nitrogens with zero attached hydrogens (tertiary/aromatic N) is 2. The molecule has 2 aromatic heterocycles. The maximum Gasteiger partial charge on any atom is 0.305 e. The molecule has 5 N–H and O–H groups in total. The van der Waals surface area contributed by atoms with Crippen LogP contribution < -0.4 is 5.73 Å². The minimum absolute atomic E-state index is 0.0207. The van der Waals surface area contributed by atoms with Crippen molar-refractivity contribution in [1.29, 1.82) is 0 Å². The van der Waals surface area contributed by atoms with Crippen LogP contribution >= 0.6 is 0 Å². The molecule has 0 amide bonds. The normalized spacial score (nSPS) is 14.8. The Bertz CT molecular complexity index is 1320. The van der Waals surface area contributed by atoms with Gasteiger partial charge >= 0.3 is 5.97 Å². The Kier molecular flexibility index (Phi) is 8.00. The number of rotatable bonds is 8. The minimum atomic E-state index is -1.17. The number of nitrogens with two attached hydrogens (primary N) is 1. The highest BCUT2D eigenvalue weighted by molar-refractivity contribution is 5.85. The van der Waals surface area contributed by atoms with Crippen molar-refractivity contribution in [3.8, 4) is 22.4 Å². The number of aryl methyl sites for hydroxylation is 1. The van der Waals surface area contributed by atoms with Gasteiger partial charge in [-0.1, -0.05) is 38.1 Å². The molecule has 4 rings (SSSR count). The average Bonchev–Trinajstić information content (AvgIpc) is 3.00. The van der Waals surface area contributed by atoms with Gasteiger partial charge in [-0.25, -0.2) is 9.37 Å². The number of carboxylic acids is 1. The third kappa shape index (κ3) is 6.03. The molecule has 194 valence electrons. The minimum Gasteiger partial charge on any atom is -0.481 e. The van der Waals surface area contributed by atoms with E-state index in [1.807, 2.05) is 19.9 Å². The third-order valence-electron chi connectivity index (χ3n) is 6.54. The van der Waals surface area contributed by atoms with Gasteiger partial charge in [0.25, 0.3) is 0 Å². The number of fused-ring (bicyclic) bond motifs is 3. The molecule has 0 radical (unpaired) electrons. The van der Waals surface area contributed by atoms with Gasteiger partial charge in [0, 0.05) is 17.5 Å². The molecule has 0 fully saturated rings. The van der Waals surface area contributed by atoms with Gasteiger partial charge in [0.15, 0.2) is 0 Å². The molecule has 0 spiro atoms. The maximum atomic E-state index is 13.9. The summed E-state index contributed by atoms with van der Waals surface area (Å²) < 4.78 is 13.9. The first-order valence-corrected chi connectivity index (χ1v) is 12.5. The summed E-state index contributed by atoms with van der Waals surface area (Å²) in [5, 5.41) is 29.4. The number of hydrogen-bond donors (Lipinski definition) is 4. The molecule has 3 aromatic rings. The van der Waals surface area contributed by atoms with Crippen LogP contribution in [0.15, 0.2) is 42.5 Å². The van der Waals surface area contributed by atoms with Crippen LogP contribution in [0.5, 0.6) is 0 Å². The number of aliphatic hydroxyl groups excluding tert-OH is 2. The fourth-order valence-corrected chi connectivity index (χ4v) is 4.89. The molecule has 8 heteroatoms. The number of pyridine rings is 2. The number of halogens is 1. The zero-order valence-electron chi connectivity index (χ0n) is 21.0. The zero-order valence-corrected chi connectivity index (χ0v) is 21.0. The van der Waals surface area contributed by atoms with E-state index in [1.165, 1.54) is 12.1 Å². The Morgan fingerprint density at radius 2 is 1.84 bits per heavy atom. The highest BCUT2D eigenvalue weighted by Crippen LogP contribution is 2.41. The maximum absolute atomic E-state index is 13.9. The van der Waals surface area contributed by atoms with Gasteiger partial charge in [0.2, 0.25) is 0 Å². The monoisotopic (exact) mass is 505 g/mol. The lowest BCUT2D eigenvalue weighted by Crippen LogP contribution is -2.19. The average molecular weight is 506 g/mol. The van der Waals surface area contributed by atoms with E-state index in [9.17, 15) is 19.4 Å². The predicted octanol–water partition coefficient (Wildman–Crippen LogP) is 4.74. The number of hydrogen-bond acceptors (Lipinski definition) is 6. The van der Waals surface area contributed by atoms with Gasteiger partial charge in [0.05, 0.1) is 35.7 Å². The van der Waals surface area contributed by atoms with Crippen molar-refractivity contribution in [3.63, 3.8) is 0 Å². The van der Waals surface area contributed by atoms with Crippen molar-refractivity contribution in [1.82, 2.24) is 9.97 Å². The number of benzene rings is 1. The van der Waals surface area contributed by atoms with Crippen molar-refractivity contribution in [2.45, 2.75) is 64.1 Å². The van der Waals surface area contributed by atoms with Crippen LogP contribution in [0.1, 0.15) is 61.5 Å². The largest absolute Gasteiger partial charge is 0.481 e. The predicted molar refractivity (Wildman–Crippen MR) is 141 cm³/mol. The fraction of sp³-hybridized carbons (Fsp3) is 0.345. The fourth-order valence-electron chi connectivity index (χ4n) is 4.89. The standard InChI is InChI=1S/C29H32FN3O4/c1-16(2)28-23(11-10-19(34)14-20(35)15-26(36)37)27(17-6-8-18(30)9-7-17)22-4-3-5-24-21(29(22)33-28)12-13-25(31)32-24/h6-13,16,19-20,34-35H,3-5,14-15H2,1-2H3,(H2,31,32)(H,36,37)/b11-10+/t19-,20-/m1/s1. The van der Waals surface area contributed by atoms with Gasteiger partial charge in [-0.3, -0.25) is 9.78 Å². The molecule has 1 aliphatic rings. The molecular weight excluding hydrogens is 473 g/mol. The number of carbonyl (C=O) groups is 1. The summed E-state index contributed by atoms with van der Waals surface area (Å²) >= 11 is 0. The van der Waals surface area contributed by atoms with Crippen LogP contribution in [0, 0.1) is 5.82 Å². The second-order valence-electron chi connectivity index (χ2n) is 9.77. The van der Waals surface area contributed by atoms with Gasteiger partial charge in [-0.15, -0.1) is 0 Å². The van der Waals surface area contributed by atoms with Crippen molar-refractivity contribution < 1.29 is 24.5 Å². The van der Waals surface area contributed by atoms with Crippen molar-refractivity contribution >= 4 is 17.9 Å². The summed E-state index contributed by atoms with van der Waals surface area (Å²) in [5.74, 6) is -0.982. The molecule has 0 saturated heterocycles. The van der Waals surface area contributed by atoms with Crippen LogP contribution in [-0.2, 0) is 17.6 Å². The van der Waals surface area contributed by atoms with E-state index in [-0.39, 0.29) is 18.2 Å². The van der Waals surface area contributed by atoms with E-state index in [4.69, 9.17) is 15.8 Å². The molecule has 0 unspecified atom stereocenters. The van der Waals surface area contributed by atoms with Crippen molar-refractivity contribution in [2.24, 2.45) is 0 Å². The molecule has 1 aromatic carbocycles. The number of anilines is 1. The highest BCUT2D eigenvalue weighted by atomic mass is 19.1. The van der Waals surface area contributed by atoms with E-state index in [1.54, 1.807) is 30.4 Å². The van der Waals surface area contributed by atoms with Crippen LogP contribution in [0.3, 0.4) is 0 Å². The Balaban J connectivity index is 1.91. The van der Waals surface area contributed by atoms with Crippen LogP contribution in [0.25, 0.3) is 28.5 Å². The number of carboxylic acid groups (broad SMARTS) is 1. The smallest absolute Gasteiger partial charge is 0.305 e. The first kappa shape index (κ1) is 26.4. The lowest BCUT2D eigenvalue weighted by Gasteiger charge is -2.22. The Labute approximate surface area is 215 Å². The number of aliphatic carboxylic acids is 1. The van der Waals surface area contributed by atoms with E-state index in [2.05, 4.69) is 4.98 Å². The third-order valence-corrected chi connectivity index (χ3v) is 6.54. The van der Waals surface area contributed by atoms with E-state index >= 15 is 0 Å². The second-order valence-corrected chi connectivity index (χ2v) is 9.77. The van der Waals surface area contributed by atoms with E-state index < -0.39 is 24.6 Å². The highest BCUT2D eigenvalue weighted by Gasteiger charge is 2.26. The van der Waals surface area contributed by atoms with Crippen molar-refractivity contribution in [2.75, 3.05) is 5.73 Å². The summed E-state index contributed by atoms with van der Waals surface area (Å²) in [6.45, 7) is 4.07. The number of aromatic nitrogens is 2. The molecule has 7 nitrogen and oxygen atoms in total. The van der Waals surface area contributed by atoms with Gasteiger partial charge in [-0.2, -0.15) is 0 Å². The Morgan fingerprint density at radius 3 is 2.51 bits per heavy atom. The Morgan fingerprint density at radius 1 is 1.11 bits per heavy atom. The Hall–Kier alpha value is -3.62. The first-order chi connectivity index (χ1) is 17.6. The molecule has 37 heavy (non-hydrogen) atoms. The van der Waals surface area contributed by atoms with E-state index in [0.717, 1.165) is 64.2 Å². The van der Waals surface area contributed by atoms with Gasteiger partial charge in [-0.05, 0) is 66.1 Å². The molecule has 0 saturated carbocycles. The first-order valence-electron chi connectivity index (χ1n) is 12.5. The molecule has 1 aliphatic carbocycles. The van der Waals surface area contributed by atoms with Crippen LogP contribution in [0.2, 0.25) is 0 Å². The molecule has 2 heterocycles. The van der Waals surface area contributed by atoms with Gasteiger partial charge in [0.1, 0.15) is 11.6 Å². The van der Waals surface area contributed by atoms with Crippen LogP contribution in [-0.4, -0.2) is 43.5 Å². The van der Waals surface area contributed by atoms with Crippen molar-refractivity contribution in [3.05, 3.63) is 70.8 Å². The quantitative estimate of drug-likeness (QED) is 0.348. The zero-order chi connectivity index (χ0) is 26.7. The SMILES string of the molecule is CC(C)c1nc2c(c(-c3ccc(F)cc3)c1/C=C/[C@@H](O)C[C@@H](O)CC(=O)O)CCCc1nc(N)ccc1-2. The summed E-state index contributed by atoms with van der Waals surface area (Å²) in [6.07, 6.45) is 2.88. The molecule has 0 aliphatic heterocycles. The lowest BCUT2D eigenvalue weighted by atomic mass is 9.86. The van der Waals surface area contributed by atoms with E-state index in [0.29, 0.717) is 5.82 Å². The summed E-state index contributed by atoms with van der Waals surface area (Å²) in [4.78, 5) is 20.6. The number of aliphatic hydroxyl groups is 2. The summed E-state index contributed by atoms with van der Waals surface area (Å²) in [5.41, 5.74) is 13.0.